The summed E-state index contributed by atoms with van der Waals surface area (Å²) >= 11 is 0. The van der Waals surface area contributed by atoms with Gasteiger partial charge in [-0.1, -0.05) is 30.3 Å². The zero-order chi connectivity index (χ0) is 31.7. The van der Waals surface area contributed by atoms with Crippen LogP contribution < -0.4 is 0 Å². The molecule has 2 heterocycles. The second-order valence-corrected chi connectivity index (χ2v) is 8.96. The molecule has 0 aliphatic rings. The van der Waals surface area contributed by atoms with Gasteiger partial charge in [-0.05, 0) is 17.7 Å². The number of aromatic nitrogens is 2. The van der Waals surface area contributed by atoms with Gasteiger partial charge in [0, 0.05) is 54.0 Å². The van der Waals surface area contributed by atoms with Crippen LogP contribution in [0.4, 0.5) is 37.7 Å². The third-order valence-corrected chi connectivity index (χ3v) is 6.15. The van der Waals surface area contributed by atoms with Crippen LogP contribution in [0.5, 0.6) is 0 Å². The van der Waals surface area contributed by atoms with Crippen molar-refractivity contribution in [3.05, 3.63) is 116 Å². The van der Waals surface area contributed by atoms with Crippen LogP contribution in [0.2, 0.25) is 0 Å². The maximum Gasteiger partial charge on any atom is 0.454 e. The van der Waals surface area contributed by atoms with E-state index in [-0.39, 0.29) is 39.7 Å². The van der Waals surface area contributed by atoms with Crippen LogP contribution in [0.15, 0.2) is 79.1 Å². The highest BCUT2D eigenvalue weighted by Crippen LogP contribution is 2.32. The molecule has 3 aromatic carbocycles. The molecule has 5 rings (SSSR count). The second-order valence-electron chi connectivity index (χ2n) is 8.96. The van der Waals surface area contributed by atoms with Crippen LogP contribution in [-0.2, 0) is 6.54 Å². The van der Waals surface area contributed by atoms with E-state index >= 15 is 0 Å². The zero-order valence-corrected chi connectivity index (χ0v) is 21.3. The minimum Gasteiger partial charge on any atom is -0.360 e. The molecule has 0 saturated carbocycles. The number of carbonyl (C=O) groups excluding carboxylic acids is 2. The first-order valence-corrected chi connectivity index (χ1v) is 11.9. The van der Waals surface area contributed by atoms with E-state index in [4.69, 9.17) is 0 Å². The summed E-state index contributed by atoms with van der Waals surface area (Å²) in [5.74, 6) is -3.96. The number of Topliss-reactive ketones (excluding diaryl/α,β-unsaturated/α-hetero) is 2. The predicted molar refractivity (Wildman–Crippen MR) is 140 cm³/mol. The summed E-state index contributed by atoms with van der Waals surface area (Å²) in [7, 11) is 0. The van der Waals surface area contributed by atoms with Gasteiger partial charge in [0.15, 0.2) is 0 Å². The van der Waals surface area contributed by atoms with Crippen molar-refractivity contribution in [1.29, 1.82) is 0 Å². The summed E-state index contributed by atoms with van der Waals surface area (Å²) in [6, 6.07) is 15.5. The lowest BCUT2D eigenvalue weighted by molar-refractivity contribution is -0.384. The van der Waals surface area contributed by atoms with Crippen molar-refractivity contribution >= 4 is 44.7 Å². The molecule has 16 heteroatoms. The summed E-state index contributed by atoms with van der Waals surface area (Å²) < 4.78 is 76.8. The molecular formula is C27H16F6N4O6. The lowest BCUT2D eigenvalue weighted by Crippen LogP contribution is -2.22. The number of carbonyl (C=O) groups is 2. The molecule has 0 radical (unpaired) electrons. The molecule has 222 valence electrons. The van der Waals surface area contributed by atoms with Crippen molar-refractivity contribution in [2.24, 2.45) is 0 Å². The molecule has 10 nitrogen and oxygen atoms in total. The summed E-state index contributed by atoms with van der Waals surface area (Å²) in [5, 5.41) is 21.5. The Morgan fingerprint density at radius 1 is 0.744 bits per heavy atom. The lowest BCUT2D eigenvalue weighted by atomic mass is 10.1. The van der Waals surface area contributed by atoms with Crippen molar-refractivity contribution in [3.8, 4) is 0 Å². The predicted octanol–water partition coefficient (Wildman–Crippen LogP) is 7.16. The number of halogens is 6. The summed E-state index contributed by atoms with van der Waals surface area (Å²) in [5.41, 5.74) is -0.499. The Balaban J connectivity index is 0.000000208. The van der Waals surface area contributed by atoms with Crippen molar-refractivity contribution in [3.63, 3.8) is 0 Å². The average molecular weight is 606 g/mol. The molecule has 1 N–H and O–H groups in total. The quantitative estimate of drug-likeness (QED) is 0.0941. The van der Waals surface area contributed by atoms with Gasteiger partial charge in [-0.2, -0.15) is 26.3 Å². The molecule has 2 aromatic heterocycles. The fourth-order valence-corrected chi connectivity index (χ4v) is 4.21. The minimum absolute atomic E-state index is 0.00271. The summed E-state index contributed by atoms with van der Waals surface area (Å²) in [6.45, 7) is 0.184. The number of alkyl halides is 6. The van der Waals surface area contributed by atoms with Crippen LogP contribution in [0.1, 0.15) is 26.3 Å². The van der Waals surface area contributed by atoms with E-state index in [1.165, 1.54) is 16.7 Å². The highest BCUT2D eigenvalue weighted by molar-refractivity contribution is 6.11. The Labute approximate surface area is 235 Å². The Morgan fingerprint density at radius 2 is 1.28 bits per heavy atom. The number of fused-ring (bicyclic) bond motifs is 2. The molecule has 0 atom stereocenters. The molecule has 0 amide bonds. The number of nitro benzene ring substituents is 2. The summed E-state index contributed by atoms with van der Waals surface area (Å²) in [6.07, 6.45) is -8.01. The number of aromatic amines is 1. The molecule has 43 heavy (non-hydrogen) atoms. The molecule has 0 aliphatic carbocycles. The Bertz CT molecular complexity index is 1880. The van der Waals surface area contributed by atoms with E-state index in [1.54, 1.807) is 30.3 Å². The van der Waals surface area contributed by atoms with Gasteiger partial charge in [0.25, 0.3) is 22.9 Å². The maximum absolute atomic E-state index is 12.8. The van der Waals surface area contributed by atoms with Crippen molar-refractivity contribution in [1.82, 2.24) is 9.55 Å². The Hall–Kier alpha value is -5.54. The van der Waals surface area contributed by atoms with Crippen LogP contribution in [-0.4, -0.2) is 43.3 Å². The van der Waals surface area contributed by atoms with Gasteiger partial charge in [-0.3, -0.25) is 29.8 Å². The molecular weight excluding hydrogens is 590 g/mol. The standard InChI is InChI=1S/C17H11F3N2O3.C10H5F3N2O3/c18-17(19,20)16(23)14-10-21(9-11-4-2-1-3-5-11)15-8-12(22(24)25)6-7-13(14)15;11-10(12,13)9(16)7-4-14-8-3-5(15(17)18)1-2-6(7)8/h1-8,10H,9H2;1-4,14H. The fourth-order valence-electron chi connectivity index (χ4n) is 4.21. The number of ketones is 2. The van der Waals surface area contributed by atoms with Crippen LogP contribution in [0.25, 0.3) is 21.8 Å². The molecule has 0 bridgehead atoms. The smallest absolute Gasteiger partial charge is 0.360 e. The van der Waals surface area contributed by atoms with E-state index in [0.717, 1.165) is 42.2 Å². The van der Waals surface area contributed by atoms with Gasteiger partial charge in [0.05, 0.1) is 32.0 Å². The van der Waals surface area contributed by atoms with E-state index in [9.17, 15) is 56.2 Å². The zero-order valence-electron chi connectivity index (χ0n) is 21.3. The third-order valence-electron chi connectivity index (χ3n) is 6.15. The van der Waals surface area contributed by atoms with Gasteiger partial charge in [-0.25, -0.2) is 0 Å². The number of hydrogen-bond donors (Lipinski definition) is 1. The SMILES string of the molecule is O=C(c1c[nH]c2cc([N+](=O)[O-])ccc12)C(F)(F)F.O=C(c1cn(Cc2ccccc2)c2cc([N+](=O)[O-])ccc12)C(F)(F)F. The van der Waals surface area contributed by atoms with Gasteiger partial charge in [-0.15, -0.1) is 0 Å². The average Bonchev–Trinajstić information content (AvgIpc) is 3.52. The maximum atomic E-state index is 12.8. The Kier molecular flexibility index (Phi) is 8.05. The first-order chi connectivity index (χ1) is 20.1. The van der Waals surface area contributed by atoms with Crippen LogP contribution in [0.3, 0.4) is 0 Å². The lowest BCUT2D eigenvalue weighted by Gasteiger charge is -2.05. The molecule has 0 spiro atoms. The summed E-state index contributed by atoms with van der Waals surface area (Å²) in [4.78, 5) is 45.3. The van der Waals surface area contributed by atoms with Gasteiger partial charge >= 0.3 is 12.4 Å². The number of nitrogens with one attached hydrogen (secondary N) is 1. The first kappa shape index (κ1) is 30.4. The van der Waals surface area contributed by atoms with Crippen LogP contribution >= 0.6 is 0 Å². The van der Waals surface area contributed by atoms with E-state index < -0.39 is 44.9 Å². The van der Waals surface area contributed by atoms with E-state index in [1.807, 2.05) is 0 Å². The first-order valence-electron chi connectivity index (χ1n) is 11.9. The van der Waals surface area contributed by atoms with Crippen molar-refractivity contribution in [2.45, 2.75) is 18.9 Å². The number of nitrogens with zero attached hydrogens (tertiary/aromatic N) is 3. The number of H-pyrrole nitrogens is 1. The highest BCUT2D eigenvalue weighted by atomic mass is 19.4. The molecule has 0 unspecified atom stereocenters. The second kappa shape index (κ2) is 11.4. The number of non-ortho nitro benzene ring substituents is 2. The molecule has 0 aliphatic heterocycles. The normalized spacial score (nSPS) is 11.7. The fraction of sp³-hybridized carbons (Fsp3) is 0.111. The molecule has 0 fully saturated rings. The number of rotatable bonds is 6. The van der Waals surface area contributed by atoms with Crippen molar-refractivity contribution in [2.75, 3.05) is 0 Å². The largest absolute Gasteiger partial charge is 0.454 e. The van der Waals surface area contributed by atoms with Gasteiger partial charge in [0.2, 0.25) is 0 Å². The topological polar surface area (TPSA) is 141 Å². The van der Waals surface area contributed by atoms with E-state index in [0.29, 0.717) is 0 Å². The van der Waals surface area contributed by atoms with Crippen molar-refractivity contribution < 1.29 is 45.8 Å². The Morgan fingerprint density at radius 3 is 1.84 bits per heavy atom. The van der Waals surface area contributed by atoms with Crippen LogP contribution in [0, 0.1) is 20.2 Å². The van der Waals surface area contributed by atoms with E-state index in [2.05, 4.69) is 4.98 Å². The molecule has 5 aromatic rings. The number of benzene rings is 3. The highest BCUT2D eigenvalue weighted by Gasteiger charge is 2.41. The van der Waals surface area contributed by atoms with Gasteiger partial charge in [0.1, 0.15) is 0 Å². The minimum atomic E-state index is -5.02. The number of nitro groups is 2. The van der Waals surface area contributed by atoms with Gasteiger partial charge < -0.3 is 9.55 Å². The molecule has 0 saturated heterocycles. The third kappa shape index (κ3) is 6.52. The number of hydrogen-bond acceptors (Lipinski definition) is 6. The monoisotopic (exact) mass is 606 g/mol.